The first kappa shape index (κ1) is 13.9. The Morgan fingerprint density at radius 3 is 2.63 bits per heavy atom. The molecular weight excluding hydrogens is 242 g/mol. The molecule has 106 valence electrons. The van der Waals surface area contributed by atoms with Gasteiger partial charge in [-0.2, -0.15) is 0 Å². The summed E-state index contributed by atoms with van der Waals surface area (Å²) in [5.41, 5.74) is 6.72. The minimum absolute atomic E-state index is 0.261. The van der Waals surface area contributed by atoms with Crippen molar-refractivity contribution in [2.24, 2.45) is 11.3 Å². The normalized spacial score (nSPS) is 20.3. The van der Waals surface area contributed by atoms with Crippen molar-refractivity contribution in [3.05, 3.63) is 11.5 Å². The van der Waals surface area contributed by atoms with Crippen LogP contribution < -0.4 is 5.73 Å². The molecule has 2 rings (SSSR count). The smallest absolute Gasteiger partial charge is 0.360 e. The number of rotatable bonds is 5. The van der Waals surface area contributed by atoms with Crippen LogP contribution in [0.25, 0.3) is 0 Å². The fourth-order valence-corrected chi connectivity index (χ4v) is 2.45. The fourth-order valence-electron chi connectivity index (χ4n) is 2.45. The predicted molar refractivity (Wildman–Crippen MR) is 73.9 cm³/mol. The number of nitrogens with two attached hydrogens (primary N) is 1. The van der Waals surface area contributed by atoms with Crippen LogP contribution in [0.2, 0.25) is 0 Å². The van der Waals surface area contributed by atoms with Crippen LogP contribution in [0.4, 0.5) is 5.82 Å². The summed E-state index contributed by atoms with van der Waals surface area (Å²) in [6, 6.07) is 0. The molecule has 1 unspecified atom stereocenters. The number of ether oxygens (including phenoxy) is 1. The Morgan fingerprint density at radius 1 is 1.53 bits per heavy atom. The molecule has 0 aromatic carbocycles. The number of esters is 1. The van der Waals surface area contributed by atoms with E-state index in [1.54, 1.807) is 6.92 Å². The van der Waals surface area contributed by atoms with Gasteiger partial charge in [0.25, 0.3) is 0 Å². The molecule has 1 fully saturated rings. The van der Waals surface area contributed by atoms with E-state index in [1.807, 2.05) is 11.5 Å². The summed E-state index contributed by atoms with van der Waals surface area (Å²) in [7, 11) is 0. The molecule has 0 saturated heterocycles. The van der Waals surface area contributed by atoms with E-state index < -0.39 is 5.97 Å². The second-order valence-corrected chi connectivity index (χ2v) is 5.84. The van der Waals surface area contributed by atoms with E-state index >= 15 is 0 Å². The first-order chi connectivity index (χ1) is 8.90. The minimum atomic E-state index is -0.427. The first-order valence-electron chi connectivity index (χ1n) is 6.92. The van der Waals surface area contributed by atoms with Gasteiger partial charge < -0.3 is 15.0 Å². The summed E-state index contributed by atoms with van der Waals surface area (Å²) >= 11 is 0. The highest BCUT2D eigenvalue weighted by atomic mass is 16.5. The molecule has 1 aromatic heterocycles. The van der Waals surface area contributed by atoms with E-state index in [1.165, 1.54) is 6.42 Å². The molecule has 19 heavy (non-hydrogen) atoms. The van der Waals surface area contributed by atoms with Gasteiger partial charge in [0.2, 0.25) is 0 Å². The summed E-state index contributed by atoms with van der Waals surface area (Å²) in [5.74, 6) is 1.49. The topological polar surface area (TPSA) is 70.1 Å². The molecular formula is C14H23N3O2. The van der Waals surface area contributed by atoms with E-state index in [9.17, 15) is 4.79 Å². The zero-order valence-corrected chi connectivity index (χ0v) is 12.2. The maximum Gasteiger partial charge on any atom is 0.360 e. The Bertz CT molecular complexity index is 491. The second kappa shape index (κ2) is 4.87. The Hall–Kier alpha value is -1.52. The lowest BCUT2D eigenvalue weighted by Gasteiger charge is -2.10. The molecule has 1 aromatic rings. The fraction of sp³-hybridized carbons (Fsp3) is 0.714. The summed E-state index contributed by atoms with van der Waals surface area (Å²) in [6.45, 7) is 9.48. The van der Waals surface area contributed by atoms with Crippen LogP contribution in [-0.2, 0) is 17.7 Å². The number of carbonyl (C=O) groups is 1. The number of hydrogen-bond acceptors (Lipinski definition) is 4. The Morgan fingerprint density at radius 2 is 2.16 bits per heavy atom. The van der Waals surface area contributed by atoms with Crippen molar-refractivity contribution in [3.63, 3.8) is 0 Å². The van der Waals surface area contributed by atoms with Gasteiger partial charge in [-0.25, -0.2) is 9.78 Å². The van der Waals surface area contributed by atoms with Gasteiger partial charge in [0.15, 0.2) is 5.69 Å². The molecule has 2 N–H and O–H groups in total. The van der Waals surface area contributed by atoms with E-state index in [2.05, 4.69) is 18.8 Å². The second-order valence-electron chi connectivity index (χ2n) is 5.84. The number of hydrogen-bond donors (Lipinski definition) is 1. The summed E-state index contributed by atoms with van der Waals surface area (Å²) < 4.78 is 6.97. The van der Waals surface area contributed by atoms with Gasteiger partial charge in [-0.3, -0.25) is 0 Å². The average molecular weight is 265 g/mol. The lowest BCUT2D eigenvalue weighted by Crippen LogP contribution is -2.12. The van der Waals surface area contributed by atoms with Crippen molar-refractivity contribution in [3.8, 4) is 0 Å². The van der Waals surface area contributed by atoms with E-state index in [-0.39, 0.29) is 5.69 Å². The van der Waals surface area contributed by atoms with E-state index in [4.69, 9.17) is 10.5 Å². The highest BCUT2D eigenvalue weighted by Crippen LogP contribution is 2.52. The zero-order valence-electron chi connectivity index (χ0n) is 12.2. The highest BCUT2D eigenvalue weighted by molar-refractivity contribution is 5.92. The quantitative estimate of drug-likeness (QED) is 0.829. The van der Waals surface area contributed by atoms with Gasteiger partial charge >= 0.3 is 5.97 Å². The highest BCUT2D eigenvalue weighted by Gasteiger charge is 2.46. The molecule has 0 bridgehead atoms. The van der Waals surface area contributed by atoms with Gasteiger partial charge in [-0.05, 0) is 24.7 Å². The van der Waals surface area contributed by atoms with Gasteiger partial charge in [-0.15, -0.1) is 0 Å². The van der Waals surface area contributed by atoms with Gasteiger partial charge in [0, 0.05) is 13.0 Å². The molecule has 5 nitrogen and oxygen atoms in total. The van der Waals surface area contributed by atoms with Gasteiger partial charge in [-0.1, -0.05) is 20.8 Å². The third-order valence-electron chi connectivity index (χ3n) is 3.99. The number of aromatic nitrogens is 2. The summed E-state index contributed by atoms with van der Waals surface area (Å²) in [4.78, 5) is 16.1. The van der Waals surface area contributed by atoms with Gasteiger partial charge in [0.05, 0.1) is 6.61 Å². The van der Waals surface area contributed by atoms with Crippen molar-refractivity contribution in [1.29, 1.82) is 0 Å². The van der Waals surface area contributed by atoms with Crippen molar-refractivity contribution < 1.29 is 9.53 Å². The molecule has 0 spiro atoms. The molecule has 1 saturated carbocycles. The molecule has 0 aliphatic heterocycles. The lowest BCUT2D eigenvalue weighted by molar-refractivity contribution is 0.0521. The van der Waals surface area contributed by atoms with Crippen LogP contribution in [0.15, 0.2) is 0 Å². The minimum Gasteiger partial charge on any atom is -0.461 e. The molecule has 0 amide bonds. The lowest BCUT2D eigenvalue weighted by atomic mass is 10.1. The molecule has 1 heterocycles. The Kier molecular flexibility index (Phi) is 3.56. The van der Waals surface area contributed by atoms with Crippen molar-refractivity contribution >= 4 is 11.8 Å². The summed E-state index contributed by atoms with van der Waals surface area (Å²) in [6.07, 6.45) is 1.96. The molecule has 1 aliphatic rings. The Balaban J connectivity index is 2.24. The van der Waals surface area contributed by atoms with Gasteiger partial charge in [0.1, 0.15) is 11.6 Å². The summed E-state index contributed by atoms with van der Waals surface area (Å²) in [5, 5.41) is 0. The van der Waals surface area contributed by atoms with Crippen molar-refractivity contribution in [2.75, 3.05) is 12.3 Å². The molecule has 1 atom stereocenters. The SMILES string of the molecule is CCOC(=O)c1nc(CC)n(CC2CC2(C)C)c1N. The largest absolute Gasteiger partial charge is 0.461 e. The monoisotopic (exact) mass is 265 g/mol. The average Bonchev–Trinajstić information content (AvgIpc) is 2.81. The maximum atomic E-state index is 11.8. The zero-order chi connectivity index (χ0) is 14.2. The van der Waals surface area contributed by atoms with Crippen molar-refractivity contribution in [1.82, 2.24) is 9.55 Å². The standard InChI is InChI=1S/C14H23N3O2/c1-5-10-16-11(13(18)19-6-2)12(15)17(10)8-9-7-14(9,3)4/h9H,5-8,15H2,1-4H3. The molecule has 0 radical (unpaired) electrons. The van der Waals surface area contributed by atoms with Crippen LogP contribution in [0.1, 0.15) is 50.4 Å². The number of nitrogens with zero attached hydrogens (tertiary/aromatic N) is 2. The number of nitrogen functional groups attached to an aromatic ring is 1. The van der Waals surface area contributed by atoms with Crippen LogP contribution in [-0.4, -0.2) is 22.1 Å². The van der Waals surface area contributed by atoms with Crippen LogP contribution in [0, 0.1) is 11.3 Å². The third kappa shape index (κ3) is 2.60. The number of aryl methyl sites for hydroxylation is 1. The van der Waals surface area contributed by atoms with Crippen molar-refractivity contribution in [2.45, 2.75) is 47.1 Å². The number of anilines is 1. The third-order valence-corrected chi connectivity index (χ3v) is 3.99. The predicted octanol–water partition coefficient (Wildman–Crippen LogP) is 2.25. The van der Waals surface area contributed by atoms with E-state index in [0.717, 1.165) is 18.8 Å². The van der Waals surface area contributed by atoms with Crippen LogP contribution in [0.5, 0.6) is 0 Å². The number of carbonyl (C=O) groups excluding carboxylic acids is 1. The van der Waals surface area contributed by atoms with Crippen LogP contribution in [0.3, 0.4) is 0 Å². The maximum absolute atomic E-state index is 11.8. The molecule has 1 aliphatic carbocycles. The van der Waals surface area contributed by atoms with Crippen LogP contribution >= 0.6 is 0 Å². The Labute approximate surface area is 114 Å². The number of imidazole rings is 1. The molecule has 5 heteroatoms. The van der Waals surface area contributed by atoms with E-state index in [0.29, 0.717) is 23.8 Å². The first-order valence-corrected chi connectivity index (χ1v) is 6.92.